The zero-order valence-electron chi connectivity index (χ0n) is 16.3. The van der Waals surface area contributed by atoms with Crippen LogP contribution in [0.3, 0.4) is 0 Å². The summed E-state index contributed by atoms with van der Waals surface area (Å²) in [5, 5.41) is 25.8. The fraction of sp³-hybridized carbons (Fsp3) is 0.136. The number of hydrogen-bond donors (Lipinski definition) is 2. The second kappa shape index (κ2) is 9.41. The molecule has 0 unspecified atom stereocenters. The van der Waals surface area contributed by atoms with Crippen molar-refractivity contribution in [1.29, 1.82) is 10.5 Å². The molecule has 10 heteroatoms. The molecule has 2 amide bonds. The Kier molecular flexibility index (Phi) is 6.42. The van der Waals surface area contributed by atoms with Crippen molar-refractivity contribution in [3.05, 3.63) is 69.7 Å². The monoisotopic (exact) mass is 479 g/mol. The molecule has 0 bridgehead atoms. The molecule has 0 aliphatic carbocycles. The van der Waals surface area contributed by atoms with Crippen molar-refractivity contribution in [1.82, 2.24) is 10.3 Å². The third kappa shape index (κ3) is 4.32. The molecular weight excluding hydrogens is 466 g/mol. The van der Waals surface area contributed by atoms with Crippen molar-refractivity contribution in [3.8, 4) is 12.1 Å². The van der Waals surface area contributed by atoms with Crippen LogP contribution in [-0.4, -0.2) is 22.6 Å². The normalized spacial score (nSPS) is 18.0. The van der Waals surface area contributed by atoms with E-state index in [-0.39, 0.29) is 22.3 Å². The smallest absolute Gasteiger partial charge is 0.243 e. The summed E-state index contributed by atoms with van der Waals surface area (Å²) in [6, 6.07) is 18.4. The molecule has 1 aromatic heterocycles. The Balaban J connectivity index is 1.56. The lowest BCUT2D eigenvalue weighted by molar-refractivity contribution is -0.123. The van der Waals surface area contributed by atoms with E-state index in [2.05, 4.69) is 21.7 Å². The predicted molar refractivity (Wildman–Crippen MR) is 125 cm³/mol. The summed E-state index contributed by atoms with van der Waals surface area (Å²) in [5.41, 5.74) is 1.51. The number of aromatic nitrogens is 1. The molecule has 32 heavy (non-hydrogen) atoms. The number of para-hydroxylation sites is 1. The Morgan fingerprint density at radius 2 is 1.97 bits per heavy atom. The summed E-state index contributed by atoms with van der Waals surface area (Å²) >= 11 is 8.68. The van der Waals surface area contributed by atoms with Crippen molar-refractivity contribution in [2.45, 2.75) is 5.92 Å². The molecule has 2 N–H and O–H groups in total. The van der Waals surface area contributed by atoms with E-state index in [1.165, 1.54) is 11.3 Å². The summed E-state index contributed by atoms with van der Waals surface area (Å²) < 4.78 is 0.953. The van der Waals surface area contributed by atoms with E-state index in [4.69, 9.17) is 11.6 Å². The van der Waals surface area contributed by atoms with Gasteiger partial charge in [0.05, 0.1) is 38.7 Å². The van der Waals surface area contributed by atoms with Crippen LogP contribution in [0.25, 0.3) is 10.2 Å². The van der Waals surface area contributed by atoms with Gasteiger partial charge in [0.1, 0.15) is 5.92 Å². The molecule has 0 saturated heterocycles. The Hall–Kier alpha value is -3.37. The Bertz CT molecular complexity index is 1300. The Morgan fingerprint density at radius 1 is 1.22 bits per heavy atom. The highest BCUT2D eigenvalue weighted by molar-refractivity contribution is 8.03. The van der Waals surface area contributed by atoms with Gasteiger partial charge in [0.2, 0.25) is 11.8 Å². The molecular formula is C22H14ClN5O2S2. The number of allylic oxidation sites excluding steroid dienone is 1. The van der Waals surface area contributed by atoms with Crippen molar-refractivity contribution >= 4 is 61.9 Å². The zero-order valence-corrected chi connectivity index (χ0v) is 18.7. The number of nitriles is 2. The lowest BCUT2D eigenvalue weighted by atomic mass is 9.79. The average molecular weight is 480 g/mol. The van der Waals surface area contributed by atoms with E-state index < -0.39 is 17.7 Å². The highest BCUT2D eigenvalue weighted by atomic mass is 35.5. The molecule has 2 heterocycles. The molecule has 0 fully saturated rings. The molecule has 2 aromatic carbocycles. The molecule has 0 saturated carbocycles. The van der Waals surface area contributed by atoms with Crippen LogP contribution in [0.2, 0.25) is 5.02 Å². The van der Waals surface area contributed by atoms with Gasteiger partial charge in [0, 0.05) is 10.9 Å². The van der Waals surface area contributed by atoms with Crippen molar-refractivity contribution in [2.24, 2.45) is 5.92 Å². The summed E-state index contributed by atoms with van der Waals surface area (Å²) in [4.78, 5) is 29.4. The largest absolute Gasteiger partial charge is 0.319 e. The lowest BCUT2D eigenvalue weighted by Crippen LogP contribution is -2.39. The summed E-state index contributed by atoms with van der Waals surface area (Å²) in [6.07, 6.45) is 0. The third-order valence-corrected chi connectivity index (χ3v) is 7.11. The molecule has 158 valence electrons. The van der Waals surface area contributed by atoms with Gasteiger partial charge in [-0.15, -0.1) is 0 Å². The second-order valence-electron chi connectivity index (χ2n) is 6.77. The molecule has 1 aliphatic rings. The minimum absolute atomic E-state index is 0.0524. The lowest BCUT2D eigenvalue weighted by Gasteiger charge is -2.29. The number of nitrogens with one attached hydrogen (secondary N) is 2. The number of rotatable bonds is 5. The van der Waals surface area contributed by atoms with Gasteiger partial charge in [0.15, 0.2) is 5.13 Å². The minimum Gasteiger partial charge on any atom is -0.319 e. The zero-order chi connectivity index (χ0) is 22.7. The number of anilines is 1. The van der Waals surface area contributed by atoms with Crippen molar-refractivity contribution in [3.63, 3.8) is 0 Å². The molecule has 7 nitrogen and oxygen atoms in total. The maximum Gasteiger partial charge on any atom is 0.243 e. The van der Waals surface area contributed by atoms with Crippen LogP contribution in [0.15, 0.2) is 59.1 Å². The average Bonchev–Trinajstić information content (AvgIpc) is 3.19. The van der Waals surface area contributed by atoms with Gasteiger partial charge >= 0.3 is 0 Å². The third-order valence-electron chi connectivity index (χ3n) is 4.80. The fourth-order valence-electron chi connectivity index (χ4n) is 3.36. The number of halogens is 1. The molecule has 2 atom stereocenters. The van der Waals surface area contributed by atoms with Crippen LogP contribution >= 0.6 is 34.7 Å². The van der Waals surface area contributed by atoms with Crippen LogP contribution in [0.1, 0.15) is 11.5 Å². The van der Waals surface area contributed by atoms with Gasteiger partial charge in [0.25, 0.3) is 0 Å². The van der Waals surface area contributed by atoms with E-state index >= 15 is 0 Å². The number of thiazole rings is 1. The Morgan fingerprint density at radius 3 is 2.69 bits per heavy atom. The summed E-state index contributed by atoms with van der Waals surface area (Å²) in [5.74, 6) is -2.84. The van der Waals surface area contributed by atoms with Gasteiger partial charge < -0.3 is 10.6 Å². The van der Waals surface area contributed by atoms with Crippen LogP contribution < -0.4 is 10.6 Å². The van der Waals surface area contributed by atoms with Gasteiger partial charge in [-0.05, 0) is 23.8 Å². The van der Waals surface area contributed by atoms with Crippen LogP contribution in [-0.2, 0) is 9.59 Å². The summed E-state index contributed by atoms with van der Waals surface area (Å²) in [7, 11) is 0. The Labute approximate surface area is 196 Å². The van der Waals surface area contributed by atoms with Gasteiger partial charge in [-0.2, -0.15) is 10.5 Å². The molecule has 0 spiro atoms. The van der Waals surface area contributed by atoms with E-state index in [1.54, 1.807) is 24.3 Å². The SMILES string of the molecule is N#CC1=C(SCC(=O)Nc2nc3ccccc3s2)NC(=O)[C@H](C#N)[C@H]1c1ccccc1Cl. The highest BCUT2D eigenvalue weighted by Crippen LogP contribution is 2.41. The standard InChI is InChI=1S/C22H14ClN5O2S2/c23-15-6-2-1-5-12(15)19-13(9-24)20(30)28-21(14(19)10-25)31-11-18(29)27-22-26-16-7-3-4-8-17(16)32-22/h1-8,13,19H,11H2,(H,28,30)(H,26,27,29)/t13-,19-/m1/s1. The van der Waals surface area contributed by atoms with Gasteiger partial charge in [-0.3, -0.25) is 9.59 Å². The second-order valence-corrected chi connectivity index (χ2v) is 9.20. The van der Waals surface area contributed by atoms with Gasteiger partial charge in [-0.25, -0.2) is 4.98 Å². The van der Waals surface area contributed by atoms with Crippen LogP contribution in [0.5, 0.6) is 0 Å². The van der Waals surface area contributed by atoms with Crippen molar-refractivity contribution < 1.29 is 9.59 Å². The first-order valence-electron chi connectivity index (χ1n) is 9.39. The molecule has 4 rings (SSSR count). The van der Waals surface area contributed by atoms with E-state index in [9.17, 15) is 20.1 Å². The maximum absolute atomic E-state index is 12.6. The number of fused-ring (bicyclic) bond motifs is 1. The fourth-order valence-corrected chi connectivity index (χ4v) is 5.35. The van der Waals surface area contributed by atoms with Gasteiger partial charge in [-0.1, -0.05) is 65.0 Å². The minimum atomic E-state index is -1.11. The molecule has 3 aromatic rings. The first-order chi connectivity index (χ1) is 15.5. The number of hydrogen-bond acceptors (Lipinski definition) is 7. The number of carbonyl (C=O) groups is 2. The number of benzene rings is 2. The van der Waals surface area contributed by atoms with E-state index in [0.29, 0.717) is 15.7 Å². The summed E-state index contributed by atoms with van der Waals surface area (Å²) in [6.45, 7) is 0. The molecule has 0 radical (unpaired) electrons. The van der Waals surface area contributed by atoms with Crippen molar-refractivity contribution in [2.75, 3.05) is 11.1 Å². The topological polar surface area (TPSA) is 119 Å². The number of amides is 2. The first-order valence-corrected chi connectivity index (χ1v) is 11.6. The maximum atomic E-state index is 12.6. The number of carbonyl (C=O) groups excluding carboxylic acids is 2. The highest BCUT2D eigenvalue weighted by Gasteiger charge is 2.40. The number of nitrogens with zero attached hydrogens (tertiary/aromatic N) is 3. The quantitative estimate of drug-likeness (QED) is 0.559. The predicted octanol–water partition coefficient (Wildman–Crippen LogP) is 4.41. The first kappa shape index (κ1) is 21.8. The van der Waals surface area contributed by atoms with Crippen LogP contribution in [0.4, 0.5) is 5.13 Å². The molecule has 1 aliphatic heterocycles. The number of thioether (sulfide) groups is 1. The van der Waals surface area contributed by atoms with E-state index in [0.717, 1.165) is 22.0 Å². The van der Waals surface area contributed by atoms with Crippen LogP contribution in [0, 0.1) is 28.6 Å². The van der Waals surface area contributed by atoms with E-state index in [1.807, 2.05) is 30.3 Å².